The van der Waals surface area contributed by atoms with E-state index >= 15 is 0 Å². The van der Waals surface area contributed by atoms with Crippen LogP contribution in [0.5, 0.6) is 0 Å². The van der Waals surface area contributed by atoms with Crippen LogP contribution in [0.3, 0.4) is 0 Å². The van der Waals surface area contributed by atoms with E-state index in [1.165, 1.54) is 6.20 Å². The summed E-state index contributed by atoms with van der Waals surface area (Å²) in [5.41, 5.74) is 1.97. The van der Waals surface area contributed by atoms with Crippen LogP contribution in [0, 0.1) is 11.3 Å². The Balaban J connectivity index is 1.90. The van der Waals surface area contributed by atoms with Gasteiger partial charge in [-0.3, -0.25) is 0 Å². The number of carbonyl (C=O) groups excluding carboxylic acids is 1. The molecule has 0 bridgehead atoms. The van der Waals surface area contributed by atoms with E-state index < -0.39 is 0 Å². The minimum absolute atomic E-state index is 0.372. The average molecular weight is 298 g/mol. The maximum absolute atomic E-state index is 11.7. The molecule has 0 aliphatic carbocycles. The zero-order valence-corrected chi connectivity index (χ0v) is 11.8. The Morgan fingerprint density at radius 1 is 1.14 bits per heavy atom. The third-order valence-corrected chi connectivity index (χ3v) is 3.00. The molecule has 0 aliphatic rings. The van der Waals surface area contributed by atoms with Crippen LogP contribution in [-0.4, -0.2) is 6.03 Å². The molecule has 5 heteroatoms. The van der Waals surface area contributed by atoms with Crippen molar-refractivity contribution < 1.29 is 4.79 Å². The Morgan fingerprint density at radius 2 is 1.86 bits per heavy atom. The Labute approximate surface area is 127 Å². The number of hydrogen-bond donors (Lipinski definition) is 2. The summed E-state index contributed by atoms with van der Waals surface area (Å²) >= 11 is 5.99. The van der Waals surface area contributed by atoms with Crippen LogP contribution in [0.15, 0.2) is 54.7 Å². The van der Waals surface area contributed by atoms with Crippen LogP contribution >= 0.6 is 11.6 Å². The molecular formula is C16H12ClN3O. The number of nitrogens with zero attached hydrogens (tertiary/aromatic N) is 1. The topological polar surface area (TPSA) is 64.9 Å². The molecule has 2 amide bonds. The summed E-state index contributed by atoms with van der Waals surface area (Å²) < 4.78 is 0. The third kappa shape index (κ3) is 4.37. The first-order valence-corrected chi connectivity index (χ1v) is 6.55. The van der Waals surface area contributed by atoms with Gasteiger partial charge in [0.05, 0.1) is 11.6 Å². The minimum atomic E-state index is -0.372. The van der Waals surface area contributed by atoms with Crippen molar-refractivity contribution in [2.75, 3.05) is 5.32 Å². The van der Waals surface area contributed by atoms with Crippen LogP contribution in [0.1, 0.15) is 11.1 Å². The number of rotatable bonds is 3. The molecule has 0 spiro atoms. The molecule has 2 rings (SSSR count). The Hall–Kier alpha value is -2.77. The summed E-state index contributed by atoms with van der Waals surface area (Å²) in [7, 11) is 0. The SMILES string of the molecule is N#Cc1ccc(NC(=O)N/C=C/c2ccccc2Cl)cc1. The van der Waals surface area contributed by atoms with Gasteiger partial charge in [-0.15, -0.1) is 0 Å². The van der Waals surface area contributed by atoms with Gasteiger partial charge in [-0.2, -0.15) is 5.26 Å². The van der Waals surface area contributed by atoms with Gasteiger partial charge in [-0.05, 0) is 42.0 Å². The maximum atomic E-state index is 11.7. The van der Waals surface area contributed by atoms with E-state index in [1.54, 1.807) is 36.4 Å². The van der Waals surface area contributed by atoms with Gasteiger partial charge in [0.1, 0.15) is 0 Å². The number of urea groups is 1. The van der Waals surface area contributed by atoms with Gasteiger partial charge in [0.15, 0.2) is 0 Å². The number of anilines is 1. The van der Waals surface area contributed by atoms with Crippen LogP contribution < -0.4 is 10.6 Å². The number of benzene rings is 2. The Kier molecular flexibility index (Phi) is 4.97. The molecule has 0 aromatic heterocycles. The normalized spacial score (nSPS) is 10.1. The quantitative estimate of drug-likeness (QED) is 0.899. The number of carbonyl (C=O) groups is 1. The lowest BCUT2D eigenvalue weighted by Gasteiger charge is -2.04. The van der Waals surface area contributed by atoms with E-state index in [0.29, 0.717) is 16.3 Å². The predicted octanol–water partition coefficient (Wildman–Crippen LogP) is 4.00. The van der Waals surface area contributed by atoms with Crippen molar-refractivity contribution >= 4 is 29.4 Å². The highest BCUT2D eigenvalue weighted by Crippen LogP contribution is 2.15. The molecule has 4 nitrogen and oxygen atoms in total. The molecular weight excluding hydrogens is 286 g/mol. The van der Waals surface area contributed by atoms with Crippen LogP contribution in [0.4, 0.5) is 10.5 Å². The van der Waals surface area contributed by atoms with E-state index in [9.17, 15) is 4.79 Å². The van der Waals surface area contributed by atoms with Crippen molar-refractivity contribution in [1.29, 1.82) is 5.26 Å². The molecule has 0 aliphatic heterocycles. The van der Waals surface area contributed by atoms with Crippen molar-refractivity contribution in [3.63, 3.8) is 0 Å². The molecule has 0 unspecified atom stereocenters. The summed E-state index contributed by atoms with van der Waals surface area (Å²) in [6.07, 6.45) is 3.22. The molecule has 2 aromatic carbocycles. The second kappa shape index (κ2) is 7.13. The van der Waals surface area contributed by atoms with Crippen LogP contribution in [-0.2, 0) is 0 Å². The van der Waals surface area contributed by atoms with E-state index in [-0.39, 0.29) is 6.03 Å². The van der Waals surface area contributed by atoms with Gasteiger partial charge in [0.25, 0.3) is 0 Å². The van der Waals surface area contributed by atoms with E-state index in [4.69, 9.17) is 16.9 Å². The zero-order valence-electron chi connectivity index (χ0n) is 11.0. The maximum Gasteiger partial charge on any atom is 0.323 e. The minimum Gasteiger partial charge on any atom is -0.314 e. The molecule has 2 N–H and O–H groups in total. The van der Waals surface area contributed by atoms with Crippen molar-refractivity contribution in [2.45, 2.75) is 0 Å². The number of amides is 2. The van der Waals surface area contributed by atoms with Gasteiger partial charge in [0, 0.05) is 16.9 Å². The van der Waals surface area contributed by atoms with E-state index in [2.05, 4.69) is 10.6 Å². The lowest BCUT2D eigenvalue weighted by atomic mass is 10.2. The molecule has 0 fully saturated rings. The fraction of sp³-hybridized carbons (Fsp3) is 0. The lowest BCUT2D eigenvalue weighted by molar-refractivity contribution is 0.255. The second-order valence-corrected chi connectivity index (χ2v) is 4.55. The standard InChI is InChI=1S/C16H12ClN3O/c17-15-4-2-1-3-13(15)9-10-19-16(21)20-14-7-5-12(11-18)6-8-14/h1-10H,(H2,19,20,21)/b10-9+. The summed E-state index contributed by atoms with van der Waals surface area (Å²) in [5, 5.41) is 14.5. The fourth-order valence-electron chi connectivity index (χ4n) is 1.61. The van der Waals surface area contributed by atoms with E-state index in [1.807, 2.05) is 24.3 Å². The molecule has 0 atom stereocenters. The number of nitriles is 1. The molecule has 0 saturated heterocycles. The average Bonchev–Trinajstić information content (AvgIpc) is 2.50. The highest BCUT2D eigenvalue weighted by Gasteiger charge is 1.99. The zero-order chi connectivity index (χ0) is 15.1. The number of nitrogens with one attached hydrogen (secondary N) is 2. The highest BCUT2D eigenvalue weighted by molar-refractivity contribution is 6.32. The molecule has 0 heterocycles. The summed E-state index contributed by atoms with van der Waals surface area (Å²) in [4.78, 5) is 11.7. The second-order valence-electron chi connectivity index (χ2n) is 4.14. The first kappa shape index (κ1) is 14.6. The largest absolute Gasteiger partial charge is 0.323 e. The predicted molar refractivity (Wildman–Crippen MR) is 83.8 cm³/mol. The Morgan fingerprint density at radius 3 is 2.52 bits per heavy atom. The molecule has 0 radical (unpaired) electrons. The monoisotopic (exact) mass is 297 g/mol. The third-order valence-electron chi connectivity index (χ3n) is 2.65. The van der Waals surface area contributed by atoms with Crippen LogP contribution in [0.25, 0.3) is 6.08 Å². The number of hydrogen-bond acceptors (Lipinski definition) is 2. The lowest BCUT2D eigenvalue weighted by Crippen LogP contribution is -2.23. The van der Waals surface area contributed by atoms with Crippen LogP contribution in [0.2, 0.25) is 5.02 Å². The van der Waals surface area contributed by atoms with Crippen molar-refractivity contribution in [3.8, 4) is 6.07 Å². The van der Waals surface area contributed by atoms with Gasteiger partial charge in [0.2, 0.25) is 0 Å². The summed E-state index contributed by atoms with van der Waals surface area (Å²) in [6.45, 7) is 0. The Bertz CT molecular complexity index is 702. The summed E-state index contributed by atoms with van der Waals surface area (Å²) in [5.74, 6) is 0. The smallest absolute Gasteiger partial charge is 0.314 e. The molecule has 21 heavy (non-hydrogen) atoms. The van der Waals surface area contributed by atoms with Crippen molar-refractivity contribution in [1.82, 2.24) is 5.32 Å². The van der Waals surface area contributed by atoms with Gasteiger partial charge in [-0.25, -0.2) is 4.79 Å². The van der Waals surface area contributed by atoms with Gasteiger partial charge >= 0.3 is 6.03 Å². The van der Waals surface area contributed by atoms with Crippen molar-refractivity contribution in [2.24, 2.45) is 0 Å². The van der Waals surface area contributed by atoms with E-state index in [0.717, 1.165) is 5.56 Å². The first-order chi connectivity index (χ1) is 10.2. The first-order valence-electron chi connectivity index (χ1n) is 6.18. The summed E-state index contributed by atoms with van der Waals surface area (Å²) in [6, 6.07) is 15.6. The highest BCUT2D eigenvalue weighted by atomic mass is 35.5. The number of halogens is 1. The molecule has 104 valence electrons. The van der Waals surface area contributed by atoms with Gasteiger partial charge in [-0.1, -0.05) is 29.8 Å². The van der Waals surface area contributed by atoms with Gasteiger partial charge < -0.3 is 10.6 Å². The molecule has 0 saturated carbocycles. The molecule has 2 aromatic rings. The van der Waals surface area contributed by atoms with Crippen molar-refractivity contribution in [3.05, 3.63) is 70.9 Å². The fourth-order valence-corrected chi connectivity index (χ4v) is 1.81.